The largest absolute Gasteiger partial charge is 0.598 e. The second-order valence-corrected chi connectivity index (χ2v) is 10.3. The first-order valence-electron chi connectivity index (χ1n) is 9.10. The lowest BCUT2D eigenvalue weighted by Gasteiger charge is -2.26. The van der Waals surface area contributed by atoms with Gasteiger partial charge in [-0.25, -0.2) is 9.59 Å². The summed E-state index contributed by atoms with van der Waals surface area (Å²) in [5.74, 6) is -0.475. The molecule has 0 radical (unpaired) electrons. The second-order valence-electron chi connectivity index (χ2n) is 8.28. The van der Waals surface area contributed by atoms with E-state index in [2.05, 4.69) is 10.0 Å². The molecule has 0 unspecified atom stereocenters. The molecule has 0 aliphatic rings. The minimum absolute atomic E-state index is 0.0273. The molecule has 0 bridgehead atoms. The molecule has 0 aromatic rings. The van der Waals surface area contributed by atoms with Gasteiger partial charge in [-0.1, -0.05) is 0 Å². The Kier molecular flexibility index (Phi) is 10.6. The summed E-state index contributed by atoms with van der Waals surface area (Å²) in [4.78, 5) is 24.0. The molecule has 26 heavy (non-hydrogen) atoms. The smallest absolute Gasteiger partial charge is 0.408 e. The summed E-state index contributed by atoms with van der Waals surface area (Å²) in [6.07, 6.45) is 1.16. The Balaban J connectivity index is 4.56. The van der Waals surface area contributed by atoms with Gasteiger partial charge in [-0.05, 0) is 74.7 Å². The minimum atomic E-state index is -1.15. The SMILES string of the molecule is CCOC(=O)[C@H](CCC[C@H](C)N[S@@+]([O-])C(C)(C)C)NC(=O)OC(C)(C)C. The van der Waals surface area contributed by atoms with Crippen LogP contribution in [0.5, 0.6) is 0 Å². The van der Waals surface area contributed by atoms with Crippen molar-refractivity contribution in [3.63, 3.8) is 0 Å². The highest BCUT2D eigenvalue weighted by molar-refractivity contribution is 7.90. The van der Waals surface area contributed by atoms with E-state index in [0.717, 1.165) is 0 Å². The Morgan fingerprint density at radius 1 is 1.12 bits per heavy atom. The van der Waals surface area contributed by atoms with E-state index in [1.165, 1.54) is 0 Å². The molecular weight excluding hydrogens is 356 g/mol. The maximum absolute atomic E-state index is 12.1. The Morgan fingerprint density at radius 2 is 1.69 bits per heavy atom. The third-order valence-electron chi connectivity index (χ3n) is 3.26. The van der Waals surface area contributed by atoms with Gasteiger partial charge in [0.1, 0.15) is 16.4 Å². The molecule has 2 N–H and O–H groups in total. The highest BCUT2D eigenvalue weighted by atomic mass is 32.2. The molecule has 3 atom stereocenters. The first-order chi connectivity index (χ1) is 11.8. The van der Waals surface area contributed by atoms with Crippen molar-refractivity contribution in [2.75, 3.05) is 6.61 Å². The van der Waals surface area contributed by atoms with Gasteiger partial charge in [-0.2, -0.15) is 0 Å². The van der Waals surface area contributed by atoms with Crippen molar-refractivity contribution in [1.29, 1.82) is 0 Å². The summed E-state index contributed by atoms with van der Waals surface area (Å²) in [7, 11) is 0. The van der Waals surface area contributed by atoms with Crippen LogP contribution in [0.4, 0.5) is 4.79 Å². The predicted molar refractivity (Wildman–Crippen MR) is 104 cm³/mol. The number of amides is 1. The number of hydrogen-bond acceptors (Lipinski definition) is 6. The summed E-state index contributed by atoms with van der Waals surface area (Å²) in [6, 6.07) is -0.732. The van der Waals surface area contributed by atoms with E-state index in [-0.39, 0.29) is 17.4 Å². The lowest BCUT2D eigenvalue weighted by molar-refractivity contribution is -0.145. The molecule has 0 rings (SSSR count). The van der Waals surface area contributed by atoms with Crippen LogP contribution in [0, 0.1) is 0 Å². The molecule has 0 heterocycles. The zero-order valence-corrected chi connectivity index (χ0v) is 18.2. The topological polar surface area (TPSA) is 99.7 Å². The lowest BCUT2D eigenvalue weighted by Crippen LogP contribution is -2.45. The molecule has 0 aromatic heterocycles. The number of carbonyl (C=O) groups is 2. The van der Waals surface area contributed by atoms with Gasteiger partial charge in [0.15, 0.2) is 0 Å². The first-order valence-corrected chi connectivity index (χ1v) is 10.3. The maximum atomic E-state index is 12.1. The molecule has 0 saturated carbocycles. The van der Waals surface area contributed by atoms with Gasteiger partial charge >= 0.3 is 12.1 Å². The summed E-state index contributed by atoms with van der Waals surface area (Å²) >= 11 is -1.15. The fourth-order valence-corrected chi connectivity index (χ4v) is 2.83. The third kappa shape index (κ3) is 11.6. The third-order valence-corrected chi connectivity index (χ3v) is 4.99. The fourth-order valence-electron chi connectivity index (χ4n) is 1.99. The quantitative estimate of drug-likeness (QED) is 0.462. The molecule has 0 aliphatic heterocycles. The van der Waals surface area contributed by atoms with Crippen LogP contribution >= 0.6 is 0 Å². The summed E-state index contributed by atoms with van der Waals surface area (Å²) in [5.41, 5.74) is -0.640. The molecule has 0 fully saturated rings. The van der Waals surface area contributed by atoms with Crippen molar-refractivity contribution in [2.45, 2.75) is 97.1 Å². The molecule has 7 nitrogen and oxygen atoms in total. The fraction of sp³-hybridized carbons (Fsp3) is 0.889. The zero-order chi connectivity index (χ0) is 20.5. The van der Waals surface area contributed by atoms with Crippen LogP contribution in [0.3, 0.4) is 0 Å². The molecular formula is C18H36N2O5S. The van der Waals surface area contributed by atoms with Crippen molar-refractivity contribution in [1.82, 2.24) is 10.0 Å². The van der Waals surface area contributed by atoms with Gasteiger partial charge in [-0.15, -0.1) is 4.72 Å². The van der Waals surface area contributed by atoms with E-state index < -0.39 is 35.1 Å². The molecule has 0 aromatic carbocycles. The van der Waals surface area contributed by atoms with Crippen molar-refractivity contribution in [2.24, 2.45) is 0 Å². The average molecular weight is 393 g/mol. The Hall–Kier alpha value is -0.990. The van der Waals surface area contributed by atoms with E-state index in [1.54, 1.807) is 27.7 Å². The number of alkyl carbamates (subject to hydrolysis) is 1. The summed E-state index contributed by atoms with van der Waals surface area (Å²) in [5, 5.41) is 2.58. The Bertz CT molecular complexity index is 446. The highest BCUT2D eigenvalue weighted by Gasteiger charge is 2.28. The van der Waals surface area contributed by atoms with E-state index in [1.807, 2.05) is 27.7 Å². The maximum Gasteiger partial charge on any atom is 0.408 e. The number of rotatable bonds is 9. The van der Waals surface area contributed by atoms with Crippen LogP contribution in [0.15, 0.2) is 0 Å². The summed E-state index contributed by atoms with van der Waals surface area (Å²) < 4.78 is 25.1. The van der Waals surface area contributed by atoms with Crippen LogP contribution in [0.2, 0.25) is 0 Å². The van der Waals surface area contributed by atoms with Crippen molar-refractivity contribution >= 4 is 23.4 Å². The number of esters is 1. The van der Waals surface area contributed by atoms with Crippen LogP contribution in [-0.2, 0) is 25.6 Å². The van der Waals surface area contributed by atoms with E-state index in [9.17, 15) is 14.1 Å². The predicted octanol–water partition coefficient (Wildman–Crippen LogP) is 3.05. The molecule has 0 saturated heterocycles. The van der Waals surface area contributed by atoms with Gasteiger partial charge in [0.25, 0.3) is 0 Å². The van der Waals surface area contributed by atoms with Crippen molar-refractivity contribution < 1.29 is 23.6 Å². The van der Waals surface area contributed by atoms with Gasteiger partial charge < -0.3 is 19.3 Å². The van der Waals surface area contributed by atoms with Gasteiger partial charge in [0, 0.05) is 17.4 Å². The van der Waals surface area contributed by atoms with E-state index in [0.29, 0.717) is 19.3 Å². The van der Waals surface area contributed by atoms with Crippen molar-refractivity contribution in [3.8, 4) is 0 Å². The number of nitrogens with one attached hydrogen (secondary N) is 2. The standard InChI is InChI=1S/C18H36N2O5S/c1-9-24-15(21)14(19-16(22)25-17(3,4)5)12-10-11-13(2)20-26(23)18(6,7)8/h13-14,20H,9-12H2,1-8H3,(H,19,22)/t13-,14-,26-/m0/s1. The number of hydrogen-bond donors (Lipinski definition) is 2. The number of carbonyl (C=O) groups excluding carboxylic acids is 2. The van der Waals surface area contributed by atoms with Gasteiger partial charge in [0.05, 0.1) is 6.61 Å². The normalized spacial score (nSPS) is 15.7. The first kappa shape index (κ1) is 25.0. The van der Waals surface area contributed by atoms with Crippen molar-refractivity contribution in [3.05, 3.63) is 0 Å². The van der Waals surface area contributed by atoms with Gasteiger partial charge in [0.2, 0.25) is 0 Å². The molecule has 1 amide bonds. The Morgan fingerprint density at radius 3 is 2.15 bits per heavy atom. The number of ether oxygens (including phenoxy) is 2. The zero-order valence-electron chi connectivity index (χ0n) is 17.4. The Labute approximate surface area is 161 Å². The van der Waals surface area contributed by atoms with Crippen LogP contribution in [0.1, 0.15) is 74.7 Å². The molecule has 8 heteroatoms. The van der Waals surface area contributed by atoms with Gasteiger partial charge in [-0.3, -0.25) is 0 Å². The second kappa shape index (κ2) is 11.0. The molecule has 154 valence electrons. The van der Waals surface area contributed by atoms with Crippen LogP contribution < -0.4 is 10.0 Å². The lowest BCUT2D eigenvalue weighted by atomic mass is 10.1. The van der Waals surface area contributed by atoms with Crippen LogP contribution in [-0.4, -0.2) is 45.7 Å². The molecule has 0 aliphatic carbocycles. The summed E-state index contributed by atoms with van der Waals surface area (Å²) in [6.45, 7) is 14.9. The minimum Gasteiger partial charge on any atom is -0.598 e. The van der Waals surface area contributed by atoms with E-state index >= 15 is 0 Å². The van der Waals surface area contributed by atoms with Crippen LogP contribution in [0.25, 0.3) is 0 Å². The van der Waals surface area contributed by atoms with E-state index in [4.69, 9.17) is 9.47 Å². The monoisotopic (exact) mass is 392 g/mol. The molecule has 0 spiro atoms. The highest BCUT2D eigenvalue weighted by Crippen LogP contribution is 2.15. The average Bonchev–Trinajstić information content (AvgIpc) is 2.43.